The van der Waals surface area contributed by atoms with Crippen molar-refractivity contribution in [2.45, 2.75) is 19.3 Å². The number of imide groups is 1. The van der Waals surface area contributed by atoms with Crippen LogP contribution in [0.25, 0.3) is 21.9 Å². The lowest BCUT2D eigenvalue weighted by Crippen LogP contribution is -2.26. The molecular weight excluding hydrogens is 328 g/mol. The largest absolute Gasteiger partial charge is 0.711 e. The van der Waals surface area contributed by atoms with Gasteiger partial charge in [0.25, 0.3) is 23.1 Å². The summed E-state index contributed by atoms with van der Waals surface area (Å²) in [6.07, 6.45) is 3.21. The van der Waals surface area contributed by atoms with Gasteiger partial charge in [0.2, 0.25) is 0 Å². The number of nitrogens with one attached hydrogen (secondary N) is 2. The van der Waals surface area contributed by atoms with E-state index in [1.807, 2.05) is 0 Å². The standard InChI is InChI=1S/C16H10N4O5/c21-15-9-6-2-1-3-7(6)13-11(12(9)16(22)18-15)10-8(20(24)25)4-5-19(23)14(10)17-13/h4-5,17H,1-3H2,(H,18,21,22). The number of nitrogens with zero attached hydrogens (tertiary/aromatic N) is 2. The Morgan fingerprint density at radius 2 is 1.80 bits per heavy atom. The van der Waals surface area contributed by atoms with Crippen LogP contribution in [0.15, 0.2) is 12.3 Å². The van der Waals surface area contributed by atoms with Gasteiger partial charge in [-0.1, -0.05) is 0 Å². The number of amides is 2. The van der Waals surface area contributed by atoms with E-state index < -0.39 is 16.7 Å². The van der Waals surface area contributed by atoms with Crippen LogP contribution in [0, 0.1) is 15.3 Å². The maximum Gasteiger partial charge on any atom is 0.297 e. The van der Waals surface area contributed by atoms with Gasteiger partial charge in [-0.3, -0.25) is 25.0 Å². The second-order valence-electron chi connectivity index (χ2n) is 6.23. The fraction of sp³-hybridized carbons (Fsp3) is 0.188. The third-order valence-corrected chi connectivity index (χ3v) is 5.02. The molecule has 0 unspecified atom stereocenters. The Bertz CT molecular complexity index is 1180. The maximum atomic E-state index is 12.4. The van der Waals surface area contributed by atoms with Crippen LogP contribution < -0.4 is 10.0 Å². The molecule has 124 valence electrons. The summed E-state index contributed by atoms with van der Waals surface area (Å²) >= 11 is 0. The van der Waals surface area contributed by atoms with Crippen molar-refractivity contribution >= 4 is 39.4 Å². The van der Waals surface area contributed by atoms with Gasteiger partial charge in [0, 0.05) is 5.56 Å². The molecule has 2 aromatic heterocycles. The molecule has 0 fully saturated rings. The molecule has 0 saturated heterocycles. The summed E-state index contributed by atoms with van der Waals surface area (Å²) in [5.74, 6) is -1.07. The highest BCUT2D eigenvalue weighted by Gasteiger charge is 2.39. The monoisotopic (exact) mass is 338 g/mol. The van der Waals surface area contributed by atoms with Crippen molar-refractivity contribution in [2.75, 3.05) is 0 Å². The quantitative estimate of drug-likeness (QED) is 0.226. The van der Waals surface area contributed by atoms with Gasteiger partial charge >= 0.3 is 0 Å². The van der Waals surface area contributed by atoms with E-state index in [1.54, 1.807) is 0 Å². The molecule has 9 heteroatoms. The normalized spacial score (nSPS) is 15.7. The van der Waals surface area contributed by atoms with Crippen molar-refractivity contribution in [1.29, 1.82) is 0 Å². The van der Waals surface area contributed by atoms with E-state index in [4.69, 9.17) is 0 Å². The Morgan fingerprint density at radius 3 is 2.56 bits per heavy atom. The van der Waals surface area contributed by atoms with Crippen molar-refractivity contribution in [3.63, 3.8) is 0 Å². The fourth-order valence-electron chi connectivity index (χ4n) is 4.10. The number of fused-ring (bicyclic) bond motifs is 8. The van der Waals surface area contributed by atoms with Crippen molar-refractivity contribution < 1.29 is 19.2 Å². The topological polar surface area (TPSA) is 132 Å². The molecule has 5 rings (SSSR count). The SMILES string of the molecule is O=C1NC(=O)c2c1c1c(c3[nH]c4c(c([N+](=O)[O-])cc[n+]4[O-])c23)CCC1. The van der Waals surface area contributed by atoms with Crippen LogP contribution in [0.4, 0.5) is 5.69 Å². The van der Waals surface area contributed by atoms with Crippen LogP contribution in [-0.4, -0.2) is 21.7 Å². The fourth-order valence-corrected chi connectivity index (χ4v) is 4.10. The molecule has 3 aromatic rings. The van der Waals surface area contributed by atoms with Crippen LogP contribution in [0.3, 0.4) is 0 Å². The Morgan fingerprint density at radius 1 is 1.08 bits per heavy atom. The Kier molecular flexibility index (Phi) is 2.40. The first kappa shape index (κ1) is 13.9. The van der Waals surface area contributed by atoms with Crippen molar-refractivity contribution in [3.8, 4) is 0 Å². The summed E-state index contributed by atoms with van der Waals surface area (Å²) in [5, 5.41) is 26.2. The number of aryl methyl sites for hydroxylation is 1. The highest BCUT2D eigenvalue weighted by molar-refractivity contribution is 6.31. The highest BCUT2D eigenvalue weighted by Crippen LogP contribution is 2.42. The zero-order valence-corrected chi connectivity index (χ0v) is 12.7. The molecule has 2 amide bonds. The number of carbonyl (C=O) groups excluding carboxylic acids is 2. The van der Waals surface area contributed by atoms with Crippen molar-refractivity contribution in [1.82, 2.24) is 10.3 Å². The van der Waals surface area contributed by atoms with E-state index in [1.165, 1.54) is 0 Å². The molecule has 25 heavy (non-hydrogen) atoms. The lowest BCUT2D eigenvalue weighted by molar-refractivity contribution is -0.579. The molecule has 9 nitrogen and oxygen atoms in total. The lowest BCUT2D eigenvalue weighted by atomic mass is 9.93. The summed E-state index contributed by atoms with van der Waals surface area (Å²) in [4.78, 5) is 38.5. The minimum Gasteiger partial charge on any atom is -0.711 e. The molecule has 0 spiro atoms. The van der Waals surface area contributed by atoms with E-state index in [-0.39, 0.29) is 27.7 Å². The number of aromatic amines is 1. The van der Waals surface area contributed by atoms with Crippen molar-refractivity contribution in [3.05, 3.63) is 49.8 Å². The van der Waals surface area contributed by atoms with Crippen LogP contribution in [0.1, 0.15) is 38.3 Å². The summed E-state index contributed by atoms with van der Waals surface area (Å²) in [6, 6.07) is 1.11. The number of benzene rings is 1. The number of H-pyrrole nitrogens is 1. The minimum atomic E-state index is -0.593. The molecule has 1 aliphatic heterocycles. The predicted molar refractivity (Wildman–Crippen MR) is 85.2 cm³/mol. The summed E-state index contributed by atoms with van der Waals surface area (Å²) < 4.78 is 0.505. The van der Waals surface area contributed by atoms with Gasteiger partial charge in [0.05, 0.1) is 27.5 Å². The van der Waals surface area contributed by atoms with Crippen LogP contribution in [0.5, 0.6) is 0 Å². The van der Waals surface area contributed by atoms with E-state index in [0.717, 1.165) is 29.8 Å². The molecule has 0 radical (unpaired) electrons. The molecular formula is C16H10N4O5. The smallest absolute Gasteiger partial charge is 0.297 e. The number of rotatable bonds is 1. The number of aromatic nitrogens is 2. The maximum absolute atomic E-state index is 12.4. The molecule has 1 aromatic carbocycles. The van der Waals surface area contributed by atoms with E-state index in [9.17, 15) is 24.9 Å². The van der Waals surface area contributed by atoms with Gasteiger partial charge in [0.15, 0.2) is 5.39 Å². The summed E-state index contributed by atoms with van der Waals surface area (Å²) in [6.45, 7) is 0. The van der Waals surface area contributed by atoms with Crippen LogP contribution in [0.2, 0.25) is 0 Å². The van der Waals surface area contributed by atoms with Gasteiger partial charge < -0.3 is 5.21 Å². The first-order valence-electron chi connectivity index (χ1n) is 7.74. The average Bonchev–Trinajstić information content (AvgIpc) is 3.23. The highest BCUT2D eigenvalue weighted by atomic mass is 16.6. The molecule has 0 saturated carbocycles. The molecule has 0 bridgehead atoms. The zero-order chi connectivity index (χ0) is 17.5. The number of carbonyl (C=O) groups is 2. The second-order valence-corrected chi connectivity index (χ2v) is 6.23. The van der Waals surface area contributed by atoms with E-state index >= 15 is 0 Å². The number of hydrogen-bond acceptors (Lipinski definition) is 5. The van der Waals surface area contributed by atoms with Crippen LogP contribution >= 0.6 is 0 Å². The Hall–Kier alpha value is -3.49. The Labute approximate surface area is 139 Å². The van der Waals surface area contributed by atoms with Crippen molar-refractivity contribution in [2.24, 2.45) is 0 Å². The zero-order valence-electron chi connectivity index (χ0n) is 12.7. The third-order valence-electron chi connectivity index (χ3n) is 5.02. The number of hydrogen-bond donors (Lipinski definition) is 2. The van der Waals surface area contributed by atoms with E-state index in [0.29, 0.717) is 28.7 Å². The van der Waals surface area contributed by atoms with Gasteiger partial charge in [-0.05, 0) is 24.8 Å². The number of nitro groups is 1. The Balaban J connectivity index is 2.12. The van der Waals surface area contributed by atoms with E-state index in [2.05, 4.69) is 10.3 Å². The second kappa shape index (κ2) is 4.32. The minimum absolute atomic E-state index is 0.0128. The summed E-state index contributed by atoms with van der Waals surface area (Å²) in [5.41, 5.74) is 2.33. The first-order valence-corrected chi connectivity index (χ1v) is 7.74. The summed E-state index contributed by atoms with van der Waals surface area (Å²) in [7, 11) is 0. The molecule has 0 atom stereocenters. The van der Waals surface area contributed by atoms with Gasteiger partial charge in [0.1, 0.15) is 11.7 Å². The lowest BCUT2D eigenvalue weighted by Gasteiger charge is -2.05. The molecule has 3 heterocycles. The average molecular weight is 338 g/mol. The third kappa shape index (κ3) is 1.54. The van der Waals surface area contributed by atoms with Gasteiger partial charge in [-0.2, -0.15) is 0 Å². The molecule has 2 aliphatic rings. The molecule has 1 aliphatic carbocycles. The first-order chi connectivity index (χ1) is 12.0. The predicted octanol–water partition coefficient (Wildman–Crippen LogP) is 1.24. The van der Waals surface area contributed by atoms with Gasteiger partial charge in [-0.15, -0.1) is 0 Å². The number of pyridine rings is 1. The van der Waals surface area contributed by atoms with Gasteiger partial charge in [-0.25, -0.2) is 9.71 Å². The van der Waals surface area contributed by atoms with Crippen LogP contribution in [-0.2, 0) is 12.8 Å². The molecule has 2 N–H and O–H groups in total.